The fraction of sp³-hybridized carbons (Fsp3) is 0.833. The summed E-state index contributed by atoms with van der Waals surface area (Å²) in [6, 6.07) is -0.266. The van der Waals surface area contributed by atoms with Crippen molar-refractivity contribution in [3.8, 4) is 0 Å². The number of carbonyl (C=O) groups excluding carboxylic acids is 2. The van der Waals surface area contributed by atoms with Gasteiger partial charge in [-0.2, -0.15) is 0 Å². The van der Waals surface area contributed by atoms with Gasteiger partial charge in [0.15, 0.2) is 0 Å². The lowest BCUT2D eigenvalue weighted by Crippen LogP contribution is -2.45. The minimum absolute atomic E-state index is 0.266. The number of methoxy groups -OCH3 is 1. The van der Waals surface area contributed by atoms with Crippen molar-refractivity contribution >= 4 is 12.1 Å². The van der Waals surface area contributed by atoms with Gasteiger partial charge >= 0.3 is 12.1 Å². The first-order chi connectivity index (χ1) is 8.33. The van der Waals surface area contributed by atoms with Crippen LogP contribution in [0.3, 0.4) is 0 Å². The predicted molar refractivity (Wildman–Crippen MR) is 62.0 cm³/mol. The molecule has 0 aliphatic carbocycles. The van der Waals surface area contributed by atoms with Crippen LogP contribution >= 0.6 is 0 Å². The van der Waals surface area contributed by atoms with E-state index < -0.39 is 11.7 Å². The molecule has 2 aliphatic heterocycles. The van der Waals surface area contributed by atoms with Gasteiger partial charge in [-0.15, -0.1) is 0 Å². The number of fused-ring (bicyclic) bond motifs is 2. The van der Waals surface area contributed by atoms with E-state index in [9.17, 15) is 9.59 Å². The highest BCUT2D eigenvalue weighted by atomic mass is 16.6. The van der Waals surface area contributed by atoms with E-state index in [-0.39, 0.29) is 24.0 Å². The van der Waals surface area contributed by atoms with Crippen LogP contribution in [-0.4, -0.2) is 55.0 Å². The first-order valence-electron chi connectivity index (χ1n) is 6.02. The van der Waals surface area contributed by atoms with Gasteiger partial charge in [-0.25, -0.2) is 4.79 Å². The van der Waals surface area contributed by atoms with E-state index in [2.05, 4.69) is 0 Å². The summed E-state index contributed by atoms with van der Waals surface area (Å²) in [4.78, 5) is 25.2. The van der Waals surface area contributed by atoms with Crippen LogP contribution in [0, 0.1) is 5.92 Å². The second-order valence-corrected chi connectivity index (χ2v) is 5.62. The molecule has 0 aromatic heterocycles. The van der Waals surface area contributed by atoms with Crippen molar-refractivity contribution in [2.24, 2.45) is 5.92 Å². The zero-order valence-electron chi connectivity index (χ0n) is 11.1. The molecular formula is C12H19NO5. The molecule has 2 aliphatic rings. The molecule has 1 amide bonds. The fourth-order valence-electron chi connectivity index (χ4n) is 2.43. The number of hydrogen-bond donors (Lipinski definition) is 0. The highest BCUT2D eigenvalue weighted by Gasteiger charge is 2.54. The van der Waals surface area contributed by atoms with Crippen molar-refractivity contribution in [1.29, 1.82) is 0 Å². The molecule has 2 fully saturated rings. The van der Waals surface area contributed by atoms with Crippen molar-refractivity contribution in [3.63, 3.8) is 0 Å². The van der Waals surface area contributed by atoms with Gasteiger partial charge in [0.25, 0.3) is 0 Å². The van der Waals surface area contributed by atoms with Gasteiger partial charge in [-0.3, -0.25) is 9.69 Å². The van der Waals surface area contributed by atoms with Crippen molar-refractivity contribution in [1.82, 2.24) is 4.90 Å². The van der Waals surface area contributed by atoms with Gasteiger partial charge in [0, 0.05) is 0 Å². The molecule has 2 rings (SSSR count). The predicted octanol–water partition coefficient (Wildman–Crippen LogP) is 0.794. The van der Waals surface area contributed by atoms with Gasteiger partial charge in [-0.1, -0.05) is 0 Å². The van der Waals surface area contributed by atoms with Gasteiger partial charge < -0.3 is 14.2 Å². The summed E-state index contributed by atoms with van der Waals surface area (Å²) in [5.41, 5.74) is -0.541. The van der Waals surface area contributed by atoms with Gasteiger partial charge in [-0.05, 0) is 20.8 Å². The SMILES string of the molecule is COC(=O)C1C2CN(C(=O)OC(C)(C)C)C1CO2. The smallest absolute Gasteiger partial charge is 0.410 e. The van der Waals surface area contributed by atoms with Crippen molar-refractivity contribution in [3.05, 3.63) is 0 Å². The molecule has 3 unspecified atom stereocenters. The molecule has 2 bridgehead atoms. The first kappa shape index (κ1) is 13.1. The first-order valence-corrected chi connectivity index (χ1v) is 6.02. The molecule has 0 aromatic rings. The van der Waals surface area contributed by atoms with Crippen LogP contribution in [-0.2, 0) is 19.0 Å². The van der Waals surface area contributed by atoms with E-state index in [4.69, 9.17) is 14.2 Å². The summed E-state index contributed by atoms with van der Waals surface area (Å²) < 4.78 is 15.5. The Balaban J connectivity index is 2.06. The Hall–Kier alpha value is -1.30. The fourth-order valence-corrected chi connectivity index (χ4v) is 2.43. The molecule has 2 saturated heterocycles. The second-order valence-electron chi connectivity index (χ2n) is 5.62. The lowest BCUT2D eigenvalue weighted by molar-refractivity contribution is -0.146. The Bertz CT molecular complexity index is 362. The van der Waals surface area contributed by atoms with E-state index in [0.717, 1.165) is 0 Å². The van der Waals surface area contributed by atoms with E-state index >= 15 is 0 Å². The lowest BCUT2D eigenvalue weighted by Gasteiger charge is -2.30. The average molecular weight is 257 g/mol. The molecule has 0 saturated carbocycles. The molecule has 6 heteroatoms. The Kier molecular flexibility index (Phi) is 3.23. The second kappa shape index (κ2) is 4.42. The molecule has 2 heterocycles. The minimum atomic E-state index is -0.541. The monoisotopic (exact) mass is 257 g/mol. The highest BCUT2D eigenvalue weighted by Crippen LogP contribution is 2.35. The summed E-state index contributed by atoms with van der Waals surface area (Å²) in [5.74, 6) is -0.712. The normalized spacial score (nSPS) is 30.4. The Morgan fingerprint density at radius 1 is 1.33 bits per heavy atom. The summed E-state index contributed by atoms with van der Waals surface area (Å²) in [5, 5.41) is 0. The number of morpholine rings is 1. The topological polar surface area (TPSA) is 65.1 Å². The summed E-state index contributed by atoms with van der Waals surface area (Å²) >= 11 is 0. The lowest BCUT2D eigenvalue weighted by atomic mass is 10.0. The Labute approximate surface area is 106 Å². The van der Waals surface area contributed by atoms with Crippen LogP contribution in [0.4, 0.5) is 4.79 Å². The summed E-state index contributed by atoms with van der Waals surface area (Å²) in [7, 11) is 1.35. The maximum absolute atomic E-state index is 12.0. The molecule has 6 nitrogen and oxygen atoms in total. The third kappa shape index (κ3) is 2.29. The van der Waals surface area contributed by atoms with Gasteiger partial charge in [0.05, 0.1) is 32.4 Å². The summed E-state index contributed by atoms with van der Waals surface area (Å²) in [6.45, 7) is 6.19. The van der Waals surface area contributed by atoms with Crippen molar-refractivity contribution < 1.29 is 23.8 Å². The van der Waals surface area contributed by atoms with E-state index in [1.165, 1.54) is 7.11 Å². The van der Waals surface area contributed by atoms with Gasteiger partial charge in [0.2, 0.25) is 0 Å². The van der Waals surface area contributed by atoms with Crippen molar-refractivity contribution in [2.75, 3.05) is 20.3 Å². The number of amides is 1. The molecule has 102 valence electrons. The minimum Gasteiger partial charge on any atom is -0.469 e. The molecule has 18 heavy (non-hydrogen) atoms. The van der Waals surface area contributed by atoms with Crippen molar-refractivity contribution in [2.45, 2.75) is 38.5 Å². The molecule has 0 N–H and O–H groups in total. The number of rotatable bonds is 1. The number of esters is 1. The summed E-state index contributed by atoms with van der Waals surface area (Å²) in [6.07, 6.45) is -0.665. The number of ether oxygens (including phenoxy) is 3. The van der Waals surface area contributed by atoms with Gasteiger partial charge in [0.1, 0.15) is 11.5 Å². The number of nitrogens with zero attached hydrogens (tertiary/aromatic N) is 1. The third-order valence-corrected chi connectivity index (χ3v) is 3.17. The van der Waals surface area contributed by atoms with Crippen LogP contribution in [0.1, 0.15) is 20.8 Å². The van der Waals surface area contributed by atoms with Crippen LogP contribution in [0.2, 0.25) is 0 Å². The molecule has 3 atom stereocenters. The Morgan fingerprint density at radius 3 is 2.56 bits per heavy atom. The van der Waals surface area contributed by atoms with E-state index in [1.54, 1.807) is 4.90 Å². The maximum atomic E-state index is 12.0. The molecular weight excluding hydrogens is 238 g/mol. The highest BCUT2D eigenvalue weighted by molar-refractivity contribution is 5.78. The average Bonchev–Trinajstić information content (AvgIpc) is 2.82. The van der Waals surface area contributed by atoms with Crippen LogP contribution in [0.5, 0.6) is 0 Å². The standard InChI is InChI=1S/C12H19NO5/c1-12(2,3)18-11(15)13-5-8-9(10(14)16-4)7(13)6-17-8/h7-9H,5-6H2,1-4H3. The number of carbonyl (C=O) groups is 2. The van der Waals surface area contributed by atoms with E-state index in [0.29, 0.717) is 13.2 Å². The molecule has 0 aromatic carbocycles. The Morgan fingerprint density at radius 2 is 2.00 bits per heavy atom. The zero-order chi connectivity index (χ0) is 13.5. The van der Waals surface area contributed by atoms with Crippen LogP contribution < -0.4 is 0 Å². The maximum Gasteiger partial charge on any atom is 0.410 e. The molecule has 0 spiro atoms. The van der Waals surface area contributed by atoms with Crippen LogP contribution in [0.15, 0.2) is 0 Å². The van der Waals surface area contributed by atoms with Crippen LogP contribution in [0.25, 0.3) is 0 Å². The van der Waals surface area contributed by atoms with E-state index in [1.807, 2.05) is 20.8 Å². The molecule has 0 radical (unpaired) electrons. The zero-order valence-corrected chi connectivity index (χ0v) is 11.1. The number of likely N-dealkylation sites (tertiary alicyclic amines) is 1. The quantitative estimate of drug-likeness (QED) is 0.650. The largest absolute Gasteiger partial charge is 0.469 e. The third-order valence-electron chi connectivity index (χ3n) is 3.17. The number of hydrogen-bond acceptors (Lipinski definition) is 5.